The van der Waals surface area contributed by atoms with Crippen molar-refractivity contribution >= 4 is 35.0 Å². The summed E-state index contributed by atoms with van der Waals surface area (Å²) in [6, 6.07) is 21.7. The van der Waals surface area contributed by atoms with E-state index in [1.807, 2.05) is 68.4 Å². The average molecular weight is 556 g/mol. The van der Waals surface area contributed by atoms with Crippen LogP contribution in [-0.2, 0) is 22.6 Å². The van der Waals surface area contributed by atoms with Crippen LogP contribution >= 0.6 is 23.2 Å². The number of ether oxygens (including phenoxy) is 1. The third-order valence-corrected chi connectivity index (χ3v) is 6.96. The van der Waals surface area contributed by atoms with E-state index in [4.69, 9.17) is 27.9 Å². The molecule has 1 N–H and O–H groups in total. The summed E-state index contributed by atoms with van der Waals surface area (Å²) in [4.78, 5) is 28.8. The third-order valence-electron chi connectivity index (χ3n) is 6.25. The number of amides is 2. The zero-order valence-corrected chi connectivity index (χ0v) is 23.9. The van der Waals surface area contributed by atoms with Crippen LogP contribution in [0.3, 0.4) is 0 Å². The number of nitrogens with zero attached hydrogens (tertiary/aromatic N) is 1. The third kappa shape index (κ3) is 8.50. The number of hydrogen-bond acceptors (Lipinski definition) is 3. The number of carbonyl (C=O) groups excluding carboxylic acids is 2. The van der Waals surface area contributed by atoms with E-state index >= 15 is 0 Å². The topological polar surface area (TPSA) is 58.6 Å². The van der Waals surface area contributed by atoms with Gasteiger partial charge in [0.25, 0.3) is 5.91 Å². The SMILES string of the molecule is CC(C)CNC(=O)[C@@H](Cc1ccccc1)N(Cc1c(Cl)cccc1Cl)C(=O)COc1ccc(C(C)C)cc1. The van der Waals surface area contributed by atoms with Gasteiger partial charge in [0.15, 0.2) is 6.61 Å². The first-order valence-electron chi connectivity index (χ1n) is 12.9. The zero-order chi connectivity index (χ0) is 27.7. The van der Waals surface area contributed by atoms with Crippen LogP contribution in [0.1, 0.15) is 50.3 Å². The molecule has 3 aromatic carbocycles. The van der Waals surface area contributed by atoms with E-state index in [0.29, 0.717) is 40.2 Å². The Hall–Kier alpha value is -3.02. The Kier molecular flexibility index (Phi) is 11.1. The van der Waals surface area contributed by atoms with E-state index in [-0.39, 0.29) is 30.9 Å². The molecule has 38 heavy (non-hydrogen) atoms. The maximum absolute atomic E-state index is 13.7. The Labute approximate surface area is 236 Å². The maximum Gasteiger partial charge on any atom is 0.261 e. The van der Waals surface area contributed by atoms with Crippen LogP contribution in [0, 0.1) is 5.92 Å². The van der Waals surface area contributed by atoms with Crippen molar-refractivity contribution in [3.63, 3.8) is 0 Å². The molecule has 1 atom stereocenters. The molecule has 0 aliphatic heterocycles. The summed E-state index contributed by atoms with van der Waals surface area (Å²) in [6.07, 6.45) is 0.335. The van der Waals surface area contributed by atoms with Gasteiger partial charge in [0.05, 0.1) is 0 Å². The van der Waals surface area contributed by atoms with Gasteiger partial charge in [0.2, 0.25) is 5.91 Å². The second-order valence-electron chi connectivity index (χ2n) is 10.1. The van der Waals surface area contributed by atoms with E-state index in [0.717, 1.165) is 5.56 Å². The number of halogens is 2. The minimum atomic E-state index is -0.789. The van der Waals surface area contributed by atoms with Crippen LogP contribution < -0.4 is 10.1 Å². The number of benzene rings is 3. The standard InChI is InChI=1S/C31H36Cl2N2O3/c1-21(2)18-34-31(37)29(17-23-9-6-5-7-10-23)35(19-26-27(32)11-8-12-28(26)33)30(36)20-38-25-15-13-24(14-16-25)22(3)4/h5-16,21-22,29H,17-20H2,1-4H3,(H,34,37)/t29-/m1/s1. The second kappa shape index (κ2) is 14.2. The maximum atomic E-state index is 13.7. The molecule has 202 valence electrons. The normalized spacial score (nSPS) is 11.9. The Balaban J connectivity index is 1.92. The Morgan fingerprint density at radius 1 is 0.868 bits per heavy atom. The number of hydrogen-bond donors (Lipinski definition) is 1. The van der Waals surface area contributed by atoms with Crippen LogP contribution in [0.25, 0.3) is 0 Å². The highest BCUT2D eigenvalue weighted by atomic mass is 35.5. The summed E-state index contributed by atoms with van der Waals surface area (Å²) in [7, 11) is 0. The molecule has 3 rings (SSSR count). The summed E-state index contributed by atoms with van der Waals surface area (Å²) in [6.45, 7) is 8.63. The summed E-state index contributed by atoms with van der Waals surface area (Å²) >= 11 is 13.0. The van der Waals surface area contributed by atoms with E-state index in [9.17, 15) is 9.59 Å². The molecule has 0 aliphatic rings. The highest BCUT2D eigenvalue weighted by Gasteiger charge is 2.31. The largest absolute Gasteiger partial charge is 0.484 e. The second-order valence-corrected chi connectivity index (χ2v) is 10.9. The van der Waals surface area contributed by atoms with Gasteiger partial charge in [-0.05, 0) is 47.2 Å². The summed E-state index contributed by atoms with van der Waals surface area (Å²) in [5.41, 5.74) is 2.70. The lowest BCUT2D eigenvalue weighted by Crippen LogP contribution is -2.52. The predicted molar refractivity (Wildman–Crippen MR) is 155 cm³/mol. The van der Waals surface area contributed by atoms with E-state index in [2.05, 4.69) is 19.2 Å². The average Bonchev–Trinajstić information content (AvgIpc) is 2.90. The highest BCUT2D eigenvalue weighted by Crippen LogP contribution is 2.27. The first-order chi connectivity index (χ1) is 18.2. The Morgan fingerprint density at radius 2 is 1.50 bits per heavy atom. The van der Waals surface area contributed by atoms with Gasteiger partial charge < -0.3 is 15.0 Å². The highest BCUT2D eigenvalue weighted by molar-refractivity contribution is 6.36. The molecule has 3 aromatic rings. The molecule has 0 heterocycles. The lowest BCUT2D eigenvalue weighted by Gasteiger charge is -2.32. The minimum Gasteiger partial charge on any atom is -0.484 e. The summed E-state index contributed by atoms with van der Waals surface area (Å²) < 4.78 is 5.87. The van der Waals surface area contributed by atoms with Crippen molar-refractivity contribution in [3.8, 4) is 5.75 Å². The molecule has 0 aliphatic carbocycles. The molecule has 0 saturated carbocycles. The van der Waals surface area contributed by atoms with Crippen molar-refractivity contribution in [2.24, 2.45) is 5.92 Å². The van der Waals surface area contributed by atoms with Crippen molar-refractivity contribution in [2.45, 2.75) is 52.6 Å². The first-order valence-corrected chi connectivity index (χ1v) is 13.7. The van der Waals surface area contributed by atoms with Crippen LogP contribution in [0.15, 0.2) is 72.8 Å². The van der Waals surface area contributed by atoms with Crippen molar-refractivity contribution < 1.29 is 14.3 Å². The van der Waals surface area contributed by atoms with Gasteiger partial charge in [-0.2, -0.15) is 0 Å². The molecule has 0 saturated heterocycles. The molecular weight excluding hydrogens is 519 g/mol. The molecule has 0 aromatic heterocycles. The summed E-state index contributed by atoms with van der Waals surface area (Å²) in [5, 5.41) is 3.87. The lowest BCUT2D eigenvalue weighted by molar-refractivity contribution is -0.142. The number of rotatable bonds is 12. The smallest absolute Gasteiger partial charge is 0.261 e. The van der Waals surface area contributed by atoms with Gasteiger partial charge in [0, 0.05) is 35.1 Å². The summed E-state index contributed by atoms with van der Waals surface area (Å²) in [5.74, 6) is 0.664. The fraction of sp³-hybridized carbons (Fsp3) is 0.355. The zero-order valence-electron chi connectivity index (χ0n) is 22.4. The van der Waals surface area contributed by atoms with Crippen molar-refractivity contribution in [3.05, 3.63) is 99.5 Å². The minimum absolute atomic E-state index is 0.0690. The van der Waals surface area contributed by atoms with Gasteiger partial charge in [-0.25, -0.2) is 0 Å². The molecule has 0 unspecified atom stereocenters. The van der Waals surface area contributed by atoms with Gasteiger partial charge in [-0.1, -0.05) is 99.4 Å². The predicted octanol–water partition coefficient (Wildman–Crippen LogP) is 6.91. The van der Waals surface area contributed by atoms with Gasteiger partial charge in [-0.3, -0.25) is 9.59 Å². The Bertz CT molecular complexity index is 1180. The molecule has 0 bridgehead atoms. The van der Waals surface area contributed by atoms with Crippen molar-refractivity contribution in [2.75, 3.05) is 13.2 Å². The lowest BCUT2D eigenvalue weighted by atomic mass is 10.0. The number of carbonyl (C=O) groups is 2. The Morgan fingerprint density at radius 3 is 2.08 bits per heavy atom. The van der Waals surface area contributed by atoms with Crippen LogP contribution in [-0.4, -0.2) is 35.9 Å². The van der Waals surface area contributed by atoms with Crippen LogP contribution in [0.4, 0.5) is 0 Å². The van der Waals surface area contributed by atoms with Crippen LogP contribution in [0.2, 0.25) is 10.0 Å². The van der Waals surface area contributed by atoms with E-state index < -0.39 is 6.04 Å². The fourth-order valence-electron chi connectivity index (χ4n) is 4.01. The number of nitrogens with one attached hydrogen (secondary N) is 1. The monoisotopic (exact) mass is 554 g/mol. The molecule has 2 amide bonds. The van der Waals surface area contributed by atoms with Gasteiger partial charge >= 0.3 is 0 Å². The van der Waals surface area contributed by atoms with Gasteiger partial charge in [-0.15, -0.1) is 0 Å². The first kappa shape index (κ1) is 29.5. The molecule has 0 radical (unpaired) electrons. The quantitative estimate of drug-likeness (QED) is 0.264. The molecule has 7 heteroatoms. The molecular formula is C31H36Cl2N2O3. The van der Waals surface area contributed by atoms with E-state index in [1.54, 1.807) is 18.2 Å². The van der Waals surface area contributed by atoms with Gasteiger partial charge in [0.1, 0.15) is 11.8 Å². The molecule has 5 nitrogen and oxygen atoms in total. The van der Waals surface area contributed by atoms with Crippen molar-refractivity contribution in [1.82, 2.24) is 10.2 Å². The van der Waals surface area contributed by atoms with Crippen molar-refractivity contribution in [1.29, 1.82) is 0 Å². The molecule has 0 fully saturated rings. The molecule has 0 spiro atoms. The van der Waals surface area contributed by atoms with E-state index in [1.165, 1.54) is 10.5 Å². The van der Waals surface area contributed by atoms with Crippen LogP contribution in [0.5, 0.6) is 5.75 Å². The fourth-order valence-corrected chi connectivity index (χ4v) is 4.52.